The van der Waals surface area contributed by atoms with Crippen LogP contribution >= 0.6 is 11.3 Å². The molecule has 0 saturated heterocycles. The van der Waals surface area contributed by atoms with E-state index in [0.717, 1.165) is 23.4 Å². The van der Waals surface area contributed by atoms with E-state index in [2.05, 4.69) is 34.2 Å². The van der Waals surface area contributed by atoms with Crippen LogP contribution in [0.25, 0.3) is 10.7 Å². The van der Waals surface area contributed by atoms with E-state index in [9.17, 15) is 4.79 Å². The minimum Gasteiger partial charge on any atom is -0.477 e. The van der Waals surface area contributed by atoms with Gasteiger partial charge in [0.05, 0.1) is 23.7 Å². The Balaban J connectivity index is 1.53. The summed E-state index contributed by atoms with van der Waals surface area (Å²) in [4.78, 5) is 20.3. The van der Waals surface area contributed by atoms with Gasteiger partial charge in [-0.3, -0.25) is 4.79 Å². The van der Waals surface area contributed by atoms with Crippen LogP contribution in [0.5, 0.6) is 5.75 Å². The SMILES string of the molecule is CCC(CC)NC(=O)C1CN(Cc2nc(-c3cccs3)no2)c2ccccc2O1. The van der Waals surface area contributed by atoms with Gasteiger partial charge in [0.15, 0.2) is 6.10 Å². The van der Waals surface area contributed by atoms with Crippen LogP contribution in [0.4, 0.5) is 5.69 Å². The Morgan fingerprint density at radius 2 is 2.10 bits per heavy atom. The molecular formula is C21H24N4O3S. The lowest BCUT2D eigenvalue weighted by Crippen LogP contribution is -2.51. The number of aromatic nitrogens is 2. The quantitative estimate of drug-likeness (QED) is 0.635. The number of para-hydroxylation sites is 2. The molecule has 1 aromatic carbocycles. The van der Waals surface area contributed by atoms with Gasteiger partial charge in [-0.25, -0.2) is 0 Å². The highest BCUT2D eigenvalue weighted by Gasteiger charge is 2.32. The largest absolute Gasteiger partial charge is 0.477 e. The fraction of sp³-hybridized carbons (Fsp3) is 0.381. The molecule has 2 aromatic heterocycles. The Morgan fingerprint density at radius 1 is 1.28 bits per heavy atom. The third-order valence-electron chi connectivity index (χ3n) is 5.02. The monoisotopic (exact) mass is 412 g/mol. The lowest BCUT2D eigenvalue weighted by molar-refractivity contribution is -0.128. The van der Waals surface area contributed by atoms with Gasteiger partial charge in [0.1, 0.15) is 5.75 Å². The predicted octanol–water partition coefficient (Wildman–Crippen LogP) is 3.87. The molecule has 1 N–H and O–H groups in total. The Labute approximate surface area is 173 Å². The number of anilines is 1. The second kappa shape index (κ2) is 8.65. The standard InChI is InChI=1S/C21H24N4O3S/c1-3-14(4-2)22-21(26)17-12-25(15-8-5-6-9-16(15)27-17)13-19-23-20(24-28-19)18-10-7-11-29-18/h5-11,14,17H,3-4,12-13H2,1-2H3,(H,22,26). The molecule has 1 aliphatic rings. The smallest absolute Gasteiger partial charge is 0.263 e. The van der Waals surface area contributed by atoms with Crippen molar-refractivity contribution in [2.75, 3.05) is 11.4 Å². The van der Waals surface area contributed by atoms with E-state index in [0.29, 0.717) is 30.6 Å². The lowest BCUT2D eigenvalue weighted by atomic mass is 10.1. The van der Waals surface area contributed by atoms with Gasteiger partial charge in [-0.1, -0.05) is 37.2 Å². The molecule has 1 atom stereocenters. The number of fused-ring (bicyclic) bond motifs is 1. The van der Waals surface area contributed by atoms with E-state index in [4.69, 9.17) is 9.26 Å². The first-order valence-electron chi connectivity index (χ1n) is 9.85. The number of benzene rings is 1. The van der Waals surface area contributed by atoms with Crippen molar-refractivity contribution in [2.24, 2.45) is 0 Å². The number of hydrogen-bond donors (Lipinski definition) is 1. The van der Waals surface area contributed by atoms with Crippen LogP contribution in [0, 0.1) is 0 Å². The van der Waals surface area contributed by atoms with Crippen molar-refractivity contribution in [3.8, 4) is 16.5 Å². The molecule has 0 fully saturated rings. The number of nitrogens with zero attached hydrogens (tertiary/aromatic N) is 3. The first-order chi connectivity index (χ1) is 14.2. The van der Waals surface area contributed by atoms with Gasteiger partial charge in [-0.15, -0.1) is 11.3 Å². The predicted molar refractivity (Wildman–Crippen MR) is 112 cm³/mol. The maximum Gasteiger partial charge on any atom is 0.263 e. The number of rotatable bonds is 7. The molecule has 0 spiro atoms. The van der Waals surface area contributed by atoms with Crippen LogP contribution in [-0.4, -0.2) is 34.7 Å². The first kappa shape index (κ1) is 19.4. The Kier molecular flexibility index (Phi) is 5.80. The number of amides is 1. The van der Waals surface area contributed by atoms with Gasteiger partial charge >= 0.3 is 0 Å². The van der Waals surface area contributed by atoms with Gasteiger partial charge in [0, 0.05) is 6.04 Å². The second-order valence-electron chi connectivity index (χ2n) is 6.97. The van der Waals surface area contributed by atoms with Crippen molar-refractivity contribution >= 4 is 22.9 Å². The summed E-state index contributed by atoms with van der Waals surface area (Å²) in [7, 11) is 0. The highest BCUT2D eigenvalue weighted by atomic mass is 32.1. The molecule has 8 heteroatoms. The van der Waals surface area contributed by atoms with Gasteiger partial charge in [-0.2, -0.15) is 4.98 Å². The molecule has 0 radical (unpaired) electrons. The number of carbonyl (C=O) groups is 1. The van der Waals surface area contributed by atoms with Crippen LogP contribution in [0.1, 0.15) is 32.6 Å². The molecule has 0 saturated carbocycles. The highest BCUT2D eigenvalue weighted by molar-refractivity contribution is 7.13. The summed E-state index contributed by atoms with van der Waals surface area (Å²) in [5.74, 6) is 1.67. The maximum absolute atomic E-state index is 12.8. The zero-order valence-electron chi connectivity index (χ0n) is 16.5. The van der Waals surface area contributed by atoms with Gasteiger partial charge in [0.25, 0.3) is 5.91 Å². The number of ether oxygens (including phenoxy) is 1. The lowest BCUT2D eigenvalue weighted by Gasteiger charge is -2.35. The fourth-order valence-corrected chi connectivity index (χ4v) is 4.02. The van der Waals surface area contributed by atoms with Gasteiger partial charge in [0.2, 0.25) is 11.7 Å². The van der Waals surface area contributed by atoms with Crippen LogP contribution in [-0.2, 0) is 11.3 Å². The summed E-state index contributed by atoms with van der Waals surface area (Å²) in [6.45, 7) is 4.96. The number of nitrogens with one attached hydrogen (secondary N) is 1. The Bertz CT molecular complexity index is 953. The fourth-order valence-electron chi connectivity index (χ4n) is 3.37. The van der Waals surface area contributed by atoms with Crippen LogP contribution in [0.2, 0.25) is 0 Å². The van der Waals surface area contributed by atoms with E-state index >= 15 is 0 Å². The summed E-state index contributed by atoms with van der Waals surface area (Å²) in [6, 6.07) is 11.8. The summed E-state index contributed by atoms with van der Waals surface area (Å²) < 4.78 is 11.5. The summed E-state index contributed by atoms with van der Waals surface area (Å²) >= 11 is 1.57. The summed E-state index contributed by atoms with van der Waals surface area (Å²) in [6.07, 6.45) is 1.19. The van der Waals surface area contributed by atoms with E-state index in [1.54, 1.807) is 11.3 Å². The molecule has 1 unspecified atom stereocenters. The number of carbonyl (C=O) groups excluding carboxylic acids is 1. The van der Waals surface area contributed by atoms with E-state index < -0.39 is 6.10 Å². The molecule has 3 heterocycles. The zero-order chi connectivity index (χ0) is 20.2. The normalized spacial score (nSPS) is 15.8. The second-order valence-corrected chi connectivity index (χ2v) is 7.91. The van der Waals surface area contributed by atoms with Gasteiger partial charge < -0.3 is 19.5 Å². The zero-order valence-corrected chi connectivity index (χ0v) is 17.3. The van der Waals surface area contributed by atoms with Gasteiger partial charge in [-0.05, 0) is 36.4 Å². The third kappa shape index (κ3) is 4.27. The summed E-state index contributed by atoms with van der Waals surface area (Å²) in [5, 5.41) is 9.15. The third-order valence-corrected chi connectivity index (χ3v) is 5.89. The van der Waals surface area contributed by atoms with Crippen molar-refractivity contribution in [1.82, 2.24) is 15.5 Å². The molecular weight excluding hydrogens is 388 g/mol. The molecule has 7 nitrogen and oxygen atoms in total. The molecule has 1 amide bonds. The minimum atomic E-state index is -0.592. The van der Waals surface area contributed by atoms with E-state index in [1.165, 1.54) is 0 Å². The van der Waals surface area contributed by atoms with Crippen LogP contribution < -0.4 is 15.0 Å². The molecule has 0 bridgehead atoms. The van der Waals surface area contributed by atoms with Crippen LogP contribution in [0.15, 0.2) is 46.3 Å². The molecule has 29 heavy (non-hydrogen) atoms. The molecule has 152 valence electrons. The van der Waals surface area contributed by atoms with E-state index in [1.807, 2.05) is 41.8 Å². The molecule has 1 aliphatic heterocycles. The van der Waals surface area contributed by atoms with Crippen molar-refractivity contribution < 1.29 is 14.1 Å². The minimum absolute atomic E-state index is 0.0944. The van der Waals surface area contributed by atoms with E-state index in [-0.39, 0.29) is 11.9 Å². The van der Waals surface area contributed by atoms with Crippen molar-refractivity contribution in [2.45, 2.75) is 45.4 Å². The van der Waals surface area contributed by atoms with Crippen molar-refractivity contribution in [3.63, 3.8) is 0 Å². The van der Waals surface area contributed by atoms with Crippen molar-refractivity contribution in [3.05, 3.63) is 47.7 Å². The highest BCUT2D eigenvalue weighted by Crippen LogP contribution is 2.34. The Morgan fingerprint density at radius 3 is 2.86 bits per heavy atom. The number of hydrogen-bond acceptors (Lipinski definition) is 7. The summed E-state index contributed by atoms with van der Waals surface area (Å²) in [5.41, 5.74) is 0.912. The average Bonchev–Trinajstić information content (AvgIpc) is 3.43. The average molecular weight is 413 g/mol. The molecule has 0 aliphatic carbocycles. The first-order valence-corrected chi connectivity index (χ1v) is 10.7. The van der Waals surface area contributed by atoms with Crippen LogP contribution in [0.3, 0.4) is 0 Å². The maximum atomic E-state index is 12.8. The molecule has 3 aromatic rings. The topological polar surface area (TPSA) is 80.5 Å². The number of thiophene rings is 1. The molecule has 4 rings (SSSR count). The van der Waals surface area contributed by atoms with Crippen molar-refractivity contribution in [1.29, 1.82) is 0 Å². The Hall–Kier alpha value is -2.87.